The summed E-state index contributed by atoms with van der Waals surface area (Å²) in [5.74, 6) is 1.41. The summed E-state index contributed by atoms with van der Waals surface area (Å²) >= 11 is 13.5. The first-order valence-corrected chi connectivity index (χ1v) is 24.8. The molecule has 3 aromatic heterocycles. The molecule has 6 rings (SSSR count). The van der Waals surface area contributed by atoms with Crippen molar-refractivity contribution >= 4 is 92.9 Å². The molecule has 0 aliphatic heterocycles. The Morgan fingerprint density at radius 2 is 0.839 bits per heavy atom. The van der Waals surface area contributed by atoms with E-state index in [2.05, 4.69) is 66.8 Å². The maximum Gasteiger partial charge on any atom is 0.119 e. The lowest BCUT2D eigenvalue weighted by Gasteiger charge is -2.19. The van der Waals surface area contributed by atoms with Crippen LogP contribution in [-0.4, -0.2) is 113 Å². The molecule has 332 valence electrons. The SMILES string of the molecule is Cc1ccc(-c2c(N)c(N)c(-c3ccc(Br)s3)c3nc(-c4ccc(OCCOCCOCCOCCBr)cc4)c(-c4ccc(OCCOCCOCCOCCBr)cc4)nc23)s1. The van der Waals surface area contributed by atoms with Gasteiger partial charge in [-0.25, -0.2) is 9.97 Å². The van der Waals surface area contributed by atoms with Gasteiger partial charge in [0, 0.05) is 47.5 Å². The van der Waals surface area contributed by atoms with Crippen molar-refractivity contribution in [2.45, 2.75) is 6.92 Å². The van der Waals surface area contributed by atoms with Gasteiger partial charge < -0.3 is 49.4 Å². The van der Waals surface area contributed by atoms with Gasteiger partial charge in [-0.1, -0.05) is 31.9 Å². The van der Waals surface area contributed by atoms with Gasteiger partial charge >= 0.3 is 0 Å². The number of nitrogens with two attached hydrogens (primary N) is 2. The summed E-state index contributed by atoms with van der Waals surface area (Å²) in [4.78, 5) is 13.9. The quantitative estimate of drug-likeness (QED) is 0.0273. The number of aromatic nitrogens is 2. The van der Waals surface area contributed by atoms with Gasteiger partial charge in [0.25, 0.3) is 0 Å². The zero-order chi connectivity index (χ0) is 43.5. The molecule has 4 N–H and O–H groups in total. The minimum Gasteiger partial charge on any atom is -0.491 e. The Bertz CT molecular complexity index is 2120. The smallest absolute Gasteiger partial charge is 0.119 e. The van der Waals surface area contributed by atoms with Gasteiger partial charge in [0.15, 0.2) is 0 Å². The summed E-state index contributed by atoms with van der Waals surface area (Å²) in [6.07, 6.45) is 0. The van der Waals surface area contributed by atoms with E-state index in [0.717, 1.165) is 51.3 Å². The van der Waals surface area contributed by atoms with Crippen molar-refractivity contribution in [3.05, 3.63) is 81.5 Å². The van der Waals surface area contributed by atoms with Crippen LogP contribution in [0, 0.1) is 6.92 Å². The number of ether oxygens (including phenoxy) is 8. The van der Waals surface area contributed by atoms with E-state index in [9.17, 15) is 0 Å². The number of fused-ring (bicyclic) bond motifs is 1. The molecule has 0 radical (unpaired) electrons. The van der Waals surface area contributed by atoms with E-state index in [1.807, 2.05) is 60.7 Å². The van der Waals surface area contributed by atoms with Crippen LogP contribution in [0.25, 0.3) is 54.4 Å². The summed E-state index contributed by atoms with van der Waals surface area (Å²) in [6.45, 7) is 9.20. The molecule has 3 aromatic carbocycles. The molecule has 0 bridgehead atoms. The van der Waals surface area contributed by atoms with Gasteiger partial charge in [-0.3, -0.25) is 0 Å². The van der Waals surface area contributed by atoms with Gasteiger partial charge in [0.1, 0.15) is 35.7 Å². The van der Waals surface area contributed by atoms with E-state index < -0.39 is 0 Å². The van der Waals surface area contributed by atoms with E-state index in [1.54, 1.807) is 22.7 Å². The normalized spacial score (nSPS) is 11.5. The fraction of sp³-hybridized carbons (Fsp3) is 0.378. The second kappa shape index (κ2) is 25.9. The minimum atomic E-state index is 0.392. The number of benzene rings is 3. The Balaban J connectivity index is 1.23. The van der Waals surface area contributed by atoms with Crippen LogP contribution in [0.2, 0.25) is 0 Å². The summed E-state index contributed by atoms with van der Waals surface area (Å²) in [7, 11) is 0. The molecule has 0 spiro atoms. The lowest BCUT2D eigenvalue weighted by molar-refractivity contribution is 0.0119. The lowest BCUT2D eigenvalue weighted by atomic mass is 9.98. The van der Waals surface area contributed by atoms with Crippen molar-refractivity contribution in [1.29, 1.82) is 0 Å². The van der Waals surface area contributed by atoms with Gasteiger partial charge in [0.2, 0.25) is 0 Å². The highest BCUT2D eigenvalue weighted by Gasteiger charge is 2.25. The van der Waals surface area contributed by atoms with E-state index >= 15 is 0 Å². The number of anilines is 2. The Hall–Kier alpha value is -3.20. The van der Waals surface area contributed by atoms with Crippen LogP contribution >= 0.6 is 70.5 Å². The summed E-state index contributed by atoms with van der Waals surface area (Å²) in [6, 6.07) is 23.9. The molecule has 12 nitrogen and oxygen atoms in total. The van der Waals surface area contributed by atoms with Crippen LogP contribution in [0.3, 0.4) is 0 Å². The van der Waals surface area contributed by atoms with Crippen molar-refractivity contribution in [1.82, 2.24) is 9.97 Å². The van der Waals surface area contributed by atoms with Crippen LogP contribution in [0.1, 0.15) is 4.88 Å². The summed E-state index contributed by atoms with van der Waals surface area (Å²) < 4.78 is 46.3. The predicted octanol–water partition coefficient (Wildman–Crippen LogP) is 10.3. The third-order valence-electron chi connectivity index (χ3n) is 9.18. The molecule has 0 unspecified atom stereocenters. The maximum absolute atomic E-state index is 6.96. The van der Waals surface area contributed by atoms with Crippen LogP contribution in [0.15, 0.2) is 76.6 Å². The number of aryl methyl sites for hydroxylation is 1. The number of thiophene rings is 2. The average molecular weight is 1080 g/mol. The van der Waals surface area contributed by atoms with Gasteiger partial charge in [-0.05, 0) is 95.7 Å². The van der Waals surface area contributed by atoms with Crippen molar-refractivity contribution in [3.63, 3.8) is 0 Å². The molecule has 0 saturated carbocycles. The first-order chi connectivity index (χ1) is 30.4. The van der Waals surface area contributed by atoms with Crippen molar-refractivity contribution < 1.29 is 37.9 Å². The van der Waals surface area contributed by atoms with E-state index in [-0.39, 0.29) is 0 Å². The molecular weight excluding hydrogens is 1030 g/mol. The molecule has 62 heavy (non-hydrogen) atoms. The molecule has 17 heteroatoms. The number of alkyl halides is 2. The highest BCUT2D eigenvalue weighted by atomic mass is 79.9. The van der Waals surface area contributed by atoms with Crippen LogP contribution < -0.4 is 20.9 Å². The maximum atomic E-state index is 6.96. The summed E-state index contributed by atoms with van der Waals surface area (Å²) in [5, 5.41) is 1.62. The van der Waals surface area contributed by atoms with E-state index in [1.165, 1.54) is 0 Å². The van der Waals surface area contributed by atoms with Crippen molar-refractivity contribution in [2.75, 3.05) is 115 Å². The number of nitrogen functional groups attached to an aromatic ring is 2. The Morgan fingerprint density at radius 3 is 1.19 bits per heavy atom. The fourth-order valence-electron chi connectivity index (χ4n) is 6.28. The fourth-order valence-corrected chi connectivity index (χ4v) is 9.11. The molecule has 0 aliphatic carbocycles. The number of nitrogens with zero attached hydrogens (tertiary/aromatic N) is 2. The zero-order valence-corrected chi connectivity index (χ0v) is 40.9. The van der Waals surface area contributed by atoms with Crippen LogP contribution in [-0.2, 0) is 28.4 Å². The van der Waals surface area contributed by atoms with Gasteiger partial charge in [0.05, 0.1) is 106 Å². The average Bonchev–Trinajstić information content (AvgIpc) is 3.92. The zero-order valence-electron chi connectivity index (χ0n) is 34.5. The first-order valence-electron chi connectivity index (χ1n) is 20.2. The van der Waals surface area contributed by atoms with E-state index in [4.69, 9.17) is 59.3 Å². The Kier molecular flexibility index (Phi) is 20.2. The lowest BCUT2D eigenvalue weighted by Crippen LogP contribution is -2.13. The standard InChI is InChI=1S/C45H51Br3N4O8S2/c1-30-2-11-35(61-30)38-40(49)41(50)39(36-12-13-37(48)62-36)45-44(38)51-42(31-3-7-33(8-4-31)59-28-26-57-24-22-55-20-18-53-16-14-46)43(52-45)32-5-9-34(10-6-32)60-29-27-58-25-23-56-21-19-54-17-15-47/h2-13H,14-29,49-50H2,1H3. The first kappa shape index (κ1) is 48.3. The molecule has 0 saturated heterocycles. The Labute approximate surface area is 395 Å². The van der Waals surface area contributed by atoms with Crippen LogP contribution in [0.4, 0.5) is 11.4 Å². The Morgan fingerprint density at radius 1 is 0.468 bits per heavy atom. The van der Waals surface area contributed by atoms with Gasteiger partial charge in [-0.2, -0.15) is 0 Å². The van der Waals surface area contributed by atoms with Crippen molar-refractivity contribution in [2.24, 2.45) is 0 Å². The minimum absolute atomic E-state index is 0.392. The second-order valence-electron chi connectivity index (χ2n) is 13.5. The third kappa shape index (κ3) is 13.9. The number of hydrogen-bond donors (Lipinski definition) is 2. The third-order valence-corrected chi connectivity index (χ3v) is 12.5. The molecule has 3 heterocycles. The topological polar surface area (TPSA) is 152 Å². The highest BCUT2D eigenvalue weighted by molar-refractivity contribution is 9.11. The van der Waals surface area contributed by atoms with Gasteiger partial charge in [-0.15, -0.1) is 22.7 Å². The van der Waals surface area contributed by atoms with Crippen molar-refractivity contribution in [3.8, 4) is 54.9 Å². The molecular formula is C45H51Br3N4O8S2. The number of hydrogen-bond acceptors (Lipinski definition) is 14. The number of halogens is 3. The second-order valence-corrected chi connectivity index (χ2v) is 18.8. The molecule has 0 amide bonds. The van der Waals surface area contributed by atoms with E-state index in [0.29, 0.717) is 138 Å². The molecule has 0 atom stereocenters. The molecule has 0 aliphatic rings. The predicted molar refractivity (Wildman–Crippen MR) is 262 cm³/mol. The monoisotopic (exact) mass is 1080 g/mol. The number of rotatable bonds is 28. The largest absolute Gasteiger partial charge is 0.491 e. The molecule has 0 fully saturated rings. The molecule has 6 aromatic rings. The summed E-state index contributed by atoms with van der Waals surface area (Å²) in [5.41, 5.74) is 20.7. The van der Waals surface area contributed by atoms with Crippen LogP contribution in [0.5, 0.6) is 11.5 Å². The highest BCUT2D eigenvalue weighted by Crippen LogP contribution is 2.49.